The number of Topliss-reactive ketones (excluding diaryl/α,β-unsaturated/α-hetero) is 2. The van der Waals surface area contributed by atoms with Crippen molar-refractivity contribution >= 4 is 34.5 Å². The molecule has 5 rings (SSSR count). The van der Waals surface area contributed by atoms with Gasteiger partial charge in [0, 0.05) is 27.3 Å². The quantitative estimate of drug-likeness (QED) is 0.118. The van der Waals surface area contributed by atoms with Crippen LogP contribution in [0.4, 0.5) is 33.3 Å². The number of allylic oxidation sites excluding steroid dienone is 4. The first-order chi connectivity index (χ1) is 17.0. The Morgan fingerprint density at radius 1 is 0.778 bits per heavy atom. The topological polar surface area (TPSA) is 37.4 Å². The monoisotopic (exact) mass is 515 g/mol. The fourth-order valence-corrected chi connectivity index (χ4v) is 4.82. The molecular formula is C27H15ClF5NO2. The number of ketones is 2. The summed E-state index contributed by atoms with van der Waals surface area (Å²) < 4.78 is 72.0. The Balaban J connectivity index is 1.77. The minimum absolute atomic E-state index is 0.0621. The number of rotatable bonds is 2. The fraction of sp³-hybridized carbons (Fsp3) is 0.111. The molecule has 36 heavy (non-hydrogen) atoms. The van der Waals surface area contributed by atoms with Crippen molar-refractivity contribution in [3.05, 3.63) is 117 Å². The van der Waals surface area contributed by atoms with Gasteiger partial charge in [-0.05, 0) is 35.9 Å². The van der Waals surface area contributed by atoms with Crippen molar-refractivity contribution in [2.45, 2.75) is 19.3 Å². The SMILES string of the molecule is CC1(C)/C(=C\C=C2C(=O)c3ccccc3C2=O)N(c2c(F)c(F)c(F)c(F)c2F)c2ccc(Cl)cc21. The van der Waals surface area contributed by atoms with Gasteiger partial charge in [0.15, 0.2) is 34.8 Å². The van der Waals surface area contributed by atoms with E-state index >= 15 is 0 Å². The van der Waals surface area contributed by atoms with E-state index in [1.807, 2.05) is 0 Å². The van der Waals surface area contributed by atoms with Crippen molar-refractivity contribution in [3.63, 3.8) is 0 Å². The molecule has 0 radical (unpaired) electrons. The maximum Gasteiger partial charge on any atom is 0.200 e. The lowest BCUT2D eigenvalue weighted by Gasteiger charge is -2.28. The molecule has 0 spiro atoms. The minimum Gasteiger partial charge on any atom is -0.308 e. The van der Waals surface area contributed by atoms with E-state index in [1.54, 1.807) is 26.0 Å². The normalized spacial score (nSPS) is 17.2. The molecule has 0 N–H and O–H groups in total. The Morgan fingerprint density at radius 2 is 1.31 bits per heavy atom. The van der Waals surface area contributed by atoms with Gasteiger partial charge in [0.25, 0.3) is 0 Å². The number of benzene rings is 3. The predicted octanol–water partition coefficient (Wildman–Crippen LogP) is 7.35. The van der Waals surface area contributed by atoms with Crippen LogP contribution in [0, 0.1) is 29.1 Å². The third kappa shape index (κ3) is 3.24. The highest BCUT2D eigenvalue weighted by Gasteiger charge is 2.44. The van der Waals surface area contributed by atoms with Gasteiger partial charge in [-0.25, -0.2) is 22.0 Å². The van der Waals surface area contributed by atoms with Gasteiger partial charge in [-0.1, -0.05) is 49.7 Å². The minimum atomic E-state index is -2.28. The number of hydrogen-bond donors (Lipinski definition) is 0. The molecule has 2 aliphatic rings. The molecule has 1 aliphatic carbocycles. The van der Waals surface area contributed by atoms with E-state index in [0.717, 1.165) is 4.90 Å². The highest BCUT2D eigenvalue weighted by Crippen LogP contribution is 2.53. The second kappa shape index (κ2) is 8.13. The Hall–Kier alpha value is -3.78. The fourth-order valence-electron chi connectivity index (χ4n) is 4.65. The summed E-state index contributed by atoms with van der Waals surface area (Å²) in [7, 11) is 0. The van der Waals surface area contributed by atoms with E-state index in [0.29, 0.717) is 5.56 Å². The zero-order valence-corrected chi connectivity index (χ0v) is 19.5. The van der Waals surface area contributed by atoms with Crippen LogP contribution >= 0.6 is 11.6 Å². The molecule has 1 heterocycles. The second-order valence-electron chi connectivity index (χ2n) is 8.88. The molecule has 0 bridgehead atoms. The van der Waals surface area contributed by atoms with E-state index in [9.17, 15) is 31.5 Å². The molecule has 0 atom stereocenters. The molecule has 3 nitrogen and oxygen atoms in total. The van der Waals surface area contributed by atoms with Gasteiger partial charge < -0.3 is 4.90 Å². The Morgan fingerprint density at radius 3 is 1.86 bits per heavy atom. The summed E-state index contributed by atoms with van der Waals surface area (Å²) in [5, 5.41) is 0.287. The summed E-state index contributed by atoms with van der Waals surface area (Å²) in [6, 6.07) is 10.5. The first-order valence-electron chi connectivity index (χ1n) is 10.7. The Labute approximate surface area is 207 Å². The molecule has 1 aliphatic heterocycles. The molecule has 0 saturated carbocycles. The van der Waals surface area contributed by atoms with Crippen LogP contribution < -0.4 is 4.90 Å². The van der Waals surface area contributed by atoms with Crippen molar-refractivity contribution in [3.8, 4) is 0 Å². The summed E-state index contributed by atoms with van der Waals surface area (Å²) in [6.45, 7) is 3.32. The molecule has 3 aromatic rings. The second-order valence-corrected chi connectivity index (χ2v) is 9.31. The number of anilines is 2. The van der Waals surface area contributed by atoms with Crippen LogP contribution in [0.25, 0.3) is 0 Å². The number of nitrogens with zero attached hydrogens (tertiary/aromatic N) is 1. The number of fused-ring (bicyclic) bond motifs is 2. The molecule has 182 valence electrons. The lowest BCUT2D eigenvalue weighted by Crippen LogP contribution is -2.25. The van der Waals surface area contributed by atoms with Crippen LogP contribution in [0.3, 0.4) is 0 Å². The third-order valence-electron chi connectivity index (χ3n) is 6.48. The molecule has 0 aromatic heterocycles. The first-order valence-corrected chi connectivity index (χ1v) is 11.1. The molecule has 0 amide bonds. The van der Waals surface area contributed by atoms with E-state index in [-0.39, 0.29) is 33.1 Å². The van der Waals surface area contributed by atoms with E-state index in [4.69, 9.17) is 11.6 Å². The van der Waals surface area contributed by atoms with E-state index < -0.39 is 51.8 Å². The lowest BCUT2D eigenvalue weighted by atomic mass is 9.83. The highest BCUT2D eigenvalue weighted by atomic mass is 35.5. The summed E-state index contributed by atoms with van der Waals surface area (Å²) in [5.41, 5.74) is -1.39. The van der Waals surface area contributed by atoms with Crippen molar-refractivity contribution in [1.29, 1.82) is 0 Å². The molecule has 3 aromatic carbocycles. The number of hydrogen-bond acceptors (Lipinski definition) is 3. The predicted molar refractivity (Wildman–Crippen MR) is 124 cm³/mol. The summed E-state index contributed by atoms with van der Waals surface area (Å²) >= 11 is 6.14. The van der Waals surface area contributed by atoms with Gasteiger partial charge in [-0.15, -0.1) is 0 Å². The van der Waals surface area contributed by atoms with E-state index in [2.05, 4.69) is 0 Å². The van der Waals surface area contributed by atoms with Gasteiger partial charge in [0.05, 0.1) is 11.3 Å². The van der Waals surface area contributed by atoms with Crippen LogP contribution in [-0.4, -0.2) is 11.6 Å². The molecule has 0 fully saturated rings. The van der Waals surface area contributed by atoms with Gasteiger partial charge in [0.1, 0.15) is 5.69 Å². The molecular weight excluding hydrogens is 501 g/mol. The van der Waals surface area contributed by atoms with Crippen LogP contribution in [0.2, 0.25) is 5.02 Å². The van der Waals surface area contributed by atoms with Gasteiger partial charge in [-0.3, -0.25) is 9.59 Å². The van der Waals surface area contributed by atoms with Gasteiger partial charge in [-0.2, -0.15) is 0 Å². The van der Waals surface area contributed by atoms with Crippen LogP contribution in [0.5, 0.6) is 0 Å². The number of carbonyl (C=O) groups is 2. The van der Waals surface area contributed by atoms with Crippen molar-refractivity contribution in [2.24, 2.45) is 0 Å². The lowest BCUT2D eigenvalue weighted by molar-refractivity contribution is 0.0988. The first kappa shape index (κ1) is 23.9. The summed E-state index contributed by atoms with van der Waals surface area (Å²) in [6.07, 6.45) is 2.48. The van der Waals surface area contributed by atoms with Gasteiger partial charge >= 0.3 is 0 Å². The maximum atomic E-state index is 15.0. The Bertz CT molecular complexity index is 1510. The summed E-state index contributed by atoms with van der Waals surface area (Å²) in [4.78, 5) is 26.5. The van der Waals surface area contributed by atoms with Crippen molar-refractivity contribution in [1.82, 2.24) is 0 Å². The molecule has 0 saturated heterocycles. The van der Waals surface area contributed by atoms with Crippen molar-refractivity contribution in [2.75, 3.05) is 4.90 Å². The summed E-state index contributed by atoms with van der Waals surface area (Å²) in [5.74, 6) is -11.6. The molecule has 9 heteroatoms. The Kier molecular flexibility index (Phi) is 5.41. The van der Waals surface area contributed by atoms with E-state index in [1.165, 1.54) is 42.5 Å². The maximum absolute atomic E-state index is 15.0. The number of carbonyl (C=O) groups excluding carboxylic acids is 2. The van der Waals surface area contributed by atoms with Crippen LogP contribution in [-0.2, 0) is 5.41 Å². The highest BCUT2D eigenvalue weighted by molar-refractivity contribution is 6.39. The van der Waals surface area contributed by atoms with Gasteiger partial charge in [0.2, 0.25) is 5.82 Å². The number of halogens is 6. The van der Waals surface area contributed by atoms with Crippen molar-refractivity contribution < 1.29 is 31.5 Å². The average Bonchev–Trinajstić information content (AvgIpc) is 3.22. The zero-order valence-electron chi connectivity index (χ0n) is 18.7. The van der Waals surface area contributed by atoms with Crippen LogP contribution in [0.15, 0.2) is 65.9 Å². The zero-order chi connectivity index (χ0) is 26.1. The smallest absolute Gasteiger partial charge is 0.200 e. The standard InChI is InChI=1S/C27H15ClF5NO2/c1-27(2)16-11-12(28)7-9-17(16)34(24-22(32)20(30)19(29)21(31)23(24)33)18(27)10-8-15-25(35)13-5-3-4-6-14(13)26(15)36/h3-11H,1-2H3/b18-10+. The average molecular weight is 516 g/mol. The largest absolute Gasteiger partial charge is 0.308 e. The third-order valence-corrected chi connectivity index (χ3v) is 6.71. The van der Waals surface area contributed by atoms with Crippen LogP contribution in [0.1, 0.15) is 40.1 Å². The molecule has 0 unspecified atom stereocenters.